The molecule has 0 heterocycles. The molecule has 0 aliphatic heterocycles. The normalized spacial score (nSPS) is 9.75. The van der Waals surface area contributed by atoms with Gasteiger partial charge in [0.05, 0.1) is 6.54 Å². The van der Waals surface area contributed by atoms with Gasteiger partial charge in [0.25, 0.3) is 0 Å². The molecule has 0 atom stereocenters. The minimum atomic E-state index is 0.650. The minimum absolute atomic E-state index is 0.650. The summed E-state index contributed by atoms with van der Waals surface area (Å²) in [4.78, 5) is 0. The number of hydrazine groups is 1. The molecule has 0 fully saturated rings. The van der Waals surface area contributed by atoms with Crippen molar-refractivity contribution >= 4 is 0 Å². The predicted molar refractivity (Wildman–Crippen MR) is 31.6 cm³/mol. The minimum Gasteiger partial charge on any atom is -0.230 e. The van der Waals surface area contributed by atoms with Crippen LogP contribution in [0.1, 0.15) is 6.92 Å². The van der Waals surface area contributed by atoms with Gasteiger partial charge in [0, 0.05) is 6.20 Å². The maximum Gasteiger partial charge on any atom is 0.0519 e. The van der Waals surface area contributed by atoms with Crippen LogP contribution in [0.25, 0.3) is 0 Å². The Kier molecular flexibility index (Phi) is 3.78. The molecule has 0 aliphatic carbocycles. The summed E-state index contributed by atoms with van der Waals surface area (Å²) in [6.07, 6.45) is 1.33. The third-order valence-electron chi connectivity index (χ3n) is 0.572. The first kappa shape index (κ1) is 7.10. The molecule has 46 valence electrons. The Morgan fingerprint density at radius 2 is 2.50 bits per heavy atom. The molecule has 4 heteroatoms. The summed E-state index contributed by atoms with van der Waals surface area (Å²) in [5.41, 5.74) is 0. The molecule has 0 bridgehead atoms. The zero-order chi connectivity index (χ0) is 6.41. The van der Waals surface area contributed by atoms with Gasteiger partial charge >= 0.3 is 0 Å². The lowest BCUT2D eigenvalue weighted by Crippen LogP contribution is -2.23. The fourth-order valence-corrected chi connectivity index (χ4v) is 0.166. The summed E-state index contributed by atoms with van der Waals surface area (Å²) in [6.45, 7) is 5.85. The van der Waals surface area contributed by atoms with Gasteiger partial charge in [-0.15, -0.1) is 5.11 Å². The Labute approximate surface area is 48.6 Å². The quantitative estimate of drug-likeness (QED) is 0.333. The van der Waals surface area contributed by atoms with E-state index >= 15 is 0 Å². The van der Waals surface area contributed by atoms with E-state index in [0.29, 0.717) is 6.54 Å². The van der Waals surface area contributed by atoms with Crippen molar-refractivity contribution < 1.29 is 0 Å². The van der Waals surface area contributed by atoms with Gasteiger partial charge in [0.1, 0.15) is 0 Å². The van der Waals surface area contributed by atoms with Gasteiger partial charge < -0.3 is 0 Å². The van der Waals surface area contributed by atoms with Crippen molar-refractivity contribution in [3.8, 4) is 0 Å². The molecule has 0 aliphatic rings. The molecule has 8 heavy (non-hydrogen) atoms. The number of hydrogen-bond donors (Lipinski definition) is 1. The zero-order valence-corrected chi connectivity index (χ0v) is 4.91. The molecule has 0 aromatic carbocycles. The summed E-state index contributed by atoms with van der Waals surface area (Å²) in [6, 6.07) is 0. The van der Waals surface area contributed by atoms with E-state index in [1.165, 1.54) is 11.3 Å². The van der Waals surface area contributed by atoms with Gasteiger partial charge in [-0.25, -0.2) is 11.0 Å². The fraction of sp³-hybridized carbons (Fsp3) is 0.500. The number of rotatable bonds is 3. The molecular formula is C4H10N4. The Hall–Kier alpha value is -0.900. The average molecular weight is 114 g/mol. The van der Waals surface area contributed by atoms with Crippen molar-refractivity contribution in [1.29, 1.82) is 0 Å². The van der Waals surface area contributed by atoms with Crippen LogP contribution in [-0.2, 0) is 0 Å². The van der Waals surface area contributed by atoms with Crippen LogP contribution in [0.4, 0.5) is 0 Å². The van der Waals surface area contributed by atoms with Crippen LogP contribution in [0.2, 0.25) is 0 Å². The predicted octanol–water partition coefficient (Wildman–Crippen LogP) is 0.693. The van der Waals surface area contributed by atoms with Crippen LogP contribution >= 0.6 is 0 Å². The Bertz CT molecular complexity index is 88.0. The van der Waals surface area contributed by atoms with Crippen molar-refractivity contribution in [2.24, 2.45) is 16.2 Å². The first-order valence-corrected chi connectivity index (χ1v) is 2.35. The Morgan fingerprint density at radius 3 is 2.88 bits per heavy atom. The lowest BCUT2D eigenvalue weighted by atomic mass is 10.8. The van der Waals surface area contributed by atoms with Crippen LogP contribution in [0.3, 0.4) is 0 Å². The summed E-state index contributed by atoms with van der Waals surface area (Å²) in [5.74, 6) is 5.18. The number of nitrogens with two attached hydrogens (primary N) is 1. The molecule has 0 amide bonds. The molecule has 4 nitrogen and oxygen atoms in total. The van der Waals surface area contributed by atoms with E-state index in [1.54, 1.807) is 0 Å². The molecule has 0 rings (SSSR count). The van der Waals surface area contributed by atoms with Crippen LogP contribution in [0, 0.1) is 0 Å². The van der Waals surface area contributed by atoms with Crippen LogP contribution < -0.4 is 5.84 Å². The van der Waals surface area contributed by atoms with Crippen molar-refractivity contribution in [3.05, 3.63) is 12.8 Å². The molecule has 0 unspecified atom stereocenters. The highest BCUT2D eigenvalue weighted by Gasteiger charge is 1.80. The SMILES string of the molecule is C=C/N=N\N(N)CC. The summed E-state index contributed by atoms with van der Waals surface area (Å²) >= 11 is 0. The molecule has 2 N–H and O–H groups in total. The van der Waals surface area contributed by atoms with E-state index in [0.717, 1.165) is 0 Å². The zero-order valence-electron chi connectivity index (χ0n) is 4.91. The molecule has 0 aromatic heterocycles. The van der Waals surface area contributed by atoms with E-state index in [9.17, 15) is 0 Å². The maximum absolute atomic E-state index is 5.18. The second-order valence-electron chi connectivity index (χ2n) is 1.14. The summed E-state index contributed by atoms with van der Waals surface area (Å²) in [7, 11) is 0. The average Bonchev–Trinajstić information content (AvgIpc) is 1.83. The monoisotopic (exact) mass is 114 g/mol. The van der Waals surface area contributed by atoms with Crippen molar-refractivity contribution in [1.82, 2.24) is 5.12 Å². The van der Waals surface area contributed by atoms with Gasteiger partial charge in [-0.3, -0.25) is 0 Å². The summed E-state index contributed by atoms with van der Waals surface area (Å²) < 4.78 is 0. The van der Waals surface area contributed by atoms with Gasteiger partial charge in [0.2, 0.25) is 0 Å². The van der Waals surface area contributed by atoms with E-state index < -0.39 is 0 Å². The van der Waals surface area contributed by atoms with Crippen LogP contribution in [-0.4, -0.2) is 11.7 Å². The highest BCUT2D eigenvalue weighted by Crippen LogP contribution is 1.78. The topological polar surface area (TPSA) is 54.0 Å². The molecule has 0 aromatic rings. The molecule has 0 saturated carbocycles. The Morgan fingerprint density at radius 1 is 1.88 bits per heavy atom. The fourth-order valence-electron chi connectivity index (χ4n) is 0.166. The van der Waals surface area contributed by atoms with Crippen molar-refractivity contribution in [2.75, 3.05) is 6.54 Å². The summed E-state index contributed by atoms with van der Waals surface area (Å²) in [5, 5.41) is 8.14. The third-order valence-corrected chi connectivity index (χ3v) is 0.572. The van der Waals surface area contributed by atoms with Gasteiger partial charge in [-0.05, 0) is 6.92 Å². The molecule has 0 radical (unpaired) electrons. The van der Waals surface area contributed by atoms with Crippen molar-refractivity contribution in [2.45, 2.75) is 6.92 Å². The third kappa shape index (κ3) is 3.30. The molecule has 0 saturated heterocycles. The maximum atomic E-state index is 5.18. The first-order chi connectivity index (χ1) is 3.81. The highest BCUT2D eigenvalue weighted by atomic mass is 15.7. The van der Waals surface area contributed by atoms with Gasteiger partial charge in [-0.2, -0.15) is 0 Å². The lowest BCUT2D eigenvalue weighted by Gasteiger charge is -2.03. The Balaban J connectivity index is 3.35. The number of hydrogen-bond acceptors (Lipinski definition) is 3. The van der Waals surface area contributed by atoms with E-state index in [4.69, 9.17) is 5.84 Å². The highest BCUT2D eigenvalue weighted by molar-refractivity contribution is 4.56. The smallest absolute Gasteiger partial charge is 0.0519 e. The largest absolute Gasteiger partial charge is 0.230 e. The standard InChI is InChI=1S/C4H10N4/c1-3-6-7-8(5)4-2/h3H,1,4-5H2,2H3/b7-6-. The first-order valence-electron chi connectivity index (χ1n) is 2.35. The van der Waals surface area contributed by atoms with Gasteiger partial charge in [0.15, 0.2) is 0 Å². The second-order valence-corrected chi connectivity index (χ2v) is 1.14. The van der Waals surface area contributed by atoms with E-state index in [-0.39, 0.29) is 0 Å². The lowest BCUT2D eigenvalue weighted by molar-refractivity contribution is 0.295. The van der Waals surface area contributed by atoms with Crippen molar-refractivity contribution in [3.63, 3.8) is 0 Å². The van der Waals surface area contributed by atoms with E-state index in [2.05, 4.69) is 16.9 Å². The number of nitrogens with zero attached hydrogens (tertiary/aromatic N) is 3. The van der Waals surface area contributed by atoms with Gasteiger partial charge in [-0.1, -0.05) is 11.8 Å². The van der Waals surface area contributed by atoms with E-state index in [1.807, 2.05) is 6.92 Å². The van der Waals surface area contributed by atoms with Crippen LogP contribution in [0.15, 0.2) is 23.1 Å². The second kappa shape index (κ2) is 4.26. The molecular weight excluding hydrogens is 104 g/mol. The molecule has 0 spiro atoms. The van der Waals surface area contributed by atoms with Crippen LogP contribution in [0.5, 0.6) is 0 Å².